The molecule has 1 N–H and O–H groups in total. The van der Waals surface area contributed by atoms with E-state index in [1.807, 2.05) is 6.07 Å². The van der Waals surface area contributed by atoms with Gasteiger partial charge in [0.15, 0.2) is 0 Å². The number of aliphatic hydroxyl groups is 1. The average Bonchev–Trinajstić information content (AvgIpc) is 2.78. The molecule has 20 heavy (non-hydrogen) atoms. The van der Waals surface area contributed by atoms with Crippen molar-refractivity contribution in [1.82, 2.24) is 14.3 Å². The molecule has 0 atom stereocenters. The molecule has 2 aromatic heterocycles. The molecule has 0 unspecified atom stereocenters. The Morgan fingerprint density at radius 1 is 1.30 bits per heavy atom. The van der Waals surface area contributed by atoms with Crippen LogP contribution in [0.25, 0.3) is 5.65 Å². The molecule has 2 rings (SSSR count). The fourth-order valence-electron chi connectivity index (χ4n) is 2.09. The Hall–Kier alpha value is -1.60. The second kappa shape index (κ2) is 6.23. The predicted molar refractivity (Wildman–Crippen MR) is 68.2 cm³/mol. The van der Waals surface area contributed by atoms with Crippen molar-refractivity contribution in [2.75, 3.05) is 19.7 Å². The Kier molecular flexibility index (Phi) is 4.61. The van der Waals surface area contributed by atoms with Crippen molar-refractivity contribution < 1.29 is 18.3 Å². The van der Waals surface area contributed by atoms with E-state index < -0.39 is 12.7 Å². The molecule has 0 aromatic carbocycles. The Morgan fingerprint density at radius 2 is 2.10 bits per heavy atom. The van der Waals surface area contributed by atoms with E-state index in [-0.39, 0.29) is 19.7 Å². The molecule has 0 saturated carbocycles. The number of aliphatic hydroxyl groups excluding tert-OH is 1. The summed E-state index contributed by atoms with van der Waals surface area (Å²) in [5, 5.41) is 8.79. The number of fused-ring (bicyclic) bond motifs is 1. The first kappa shape index (κ1) is 14.8. The second-order valence-corrected chi connectivity index (χ2v) is 4.58. The van der Waals surface area contributed by atoms with E-state index in [0.29, 0.717) is 17.8 Å². The van der Waals surface area contributed by atoms with Crippen molar-refractivity contribution in [2.45, 2.75) is 19.1 Å². The summed E-state index contributed by atoms with van der Waals surface area (Å²) in [7, 11) is 0. The van der Waals surface area contributed by atoms with Crippen LogP contribution in [0.3, 0.4) is 0 Å². The van der Waals surface area contributed by atoms with Crippen LogP contribution in [0.15, 0.2) is 30.6 Å². The first-order valence-corrected chi connectivity index (χ1v) is 6.30. The van der Waals surface area contributed by atoms with E-state index in [1.54, 1.807) is 28.9 Å². The normalized spacial score (nSPS) is 12.4. The number of hydrogen-bond donors (Lipinski definition) is 1. The lowest BCUT2D eigenvalue weighted by atomic mass is 10.3. The van der Waals surface area contributed by atoms with Crippen molar-refractivity contribution >= 4 is 5.65 Å². The Bertz CT molecular complexity index is 553. The molecule has 2 aromatic rings. The van der Waals surface area contributed by atoms with Crippen LogP contribution in [-0.2, 0) is 6.54 Å². The number of alkyl halides is 3. The third-order valence-electron chi connectivity index (χ3n) is 2.91. The van der Waals surface area contributed by atoms with Gasteiger partial charge in [-0.15, -0.1) is 0 Å². The molecule has 0 aliphatic carbocycles. The van der Waals surface area contributed by atoms with Crippen LogP contribution in [0.1, 0.15) is 12.1 Å². The third-order valence-corrected chi connectivity index (χ3v) is 2.91. The summed E-state index contributed by atoms with van der Waals surface area (Å²) in [6.45, 7) is -0.782. The maximum Gasteiger partial charge on any atom is 0.401 e. The van der Waals surface area contributed by atoms with Gasteiger partial charge in [-0.3, -0.25) is 4.90 Å². The minimum absolute atomic E-state index is 0.124. The van der Waals surface area contributed by atoms with Crippen LogP contribution in [0.5, 0.6) is 0 Å². The summed E-state index contributed by atoms with van der Waals surface area (Å²) in [5.74, 6) is 0. The van der Waals surface area contributed by atoms with Gasteiger partial charge in [-0.1, -0.05) is 6.07 Å². The molecule has 0 amide bonds. The van der Waals surface area contributed by atoms with Crippen molar-refractivity contribution in [3.63, 3.8) is 0 Å². The predicted octanol–water partition coefficient (Wildman–Crippen LogP) is 2.08. The summed E-state index contributed by atoms with van der Waals surface area (Å²) >= 11 is 0. The van der Waals surface area contributed by atoms with E-state index in [4.69, 9.17) is 5.11 Å². The van der Waals surface area contributed by atoms with Gasteiger partial charge in [-0.2, -0.15) is 13.2 Å². The highest BCUT2D eigenvalue weighted by Gasteiger charge is 2.30. The average molecular weight is 287 g/mol. The highest BCUT2D eigenvalue weighted by Crippen LogP contribution is 2.18. The van der Waals surface area contributed by atoms with Crippen LogP contribution in [0, 0.1) is 0 Å². The zero-order valence-electron chi connectivity index (χ0n) is 10.8. The lowest BCUT2D eigenvalue weighted by molar-refractivity contribution is -0.147. The smallest absolute Gasteiger partial charge is 0.396 e. The lowest BCUT2D eigenvalue weighted by Gasteiger charge is -2.23. The fourth-order valence-corrected chi connectivity index (χ4v) is 2.09. The molecule has 110 valence electrons. The van der Waals surface area contributed by atoms with Gasteiger partial charge in [0.2, 0.25) is 0 Å². The Morgan fingerprint density at radius 3 is 2.80 bits per heavy atom. The Labute approximate surface area is 114 Å². The van der Waals surface area contributed by atoms with Gasteiger partial charge in [0, 0.05) is 25.9 Å². The molecular formula is C13H16F3N3O. The molecule has 0 spiro atoms. The largest absolute Gasteiger partial charge is 0.401 e. The van der Waals surface area contributed by atoms with Gasteiger partial charge in [-0.25, -0.2) is 4.98 Å². The van der Waals surface area contributed by atoms with E-state index in [9.17, 15) is 13.2 Å². The van der Waals surface area contributed by atoms with Crippen LogP contribution in [0.4, 0.5) is 13.2 Å². The quantitative estimate of drug-likeness (QED) is 0.884. The summed E-state index contributed by atoms with van der Waals surface area (Å²) in [4.78, 5) is 5.42. The Balaban J connectivity index is 2.13. The zero-order chi connectivity index (χ0) is 14.6. The van der Waals surface area contributed by atoms with Gasteiger partial charge in [0.25, 0.3) is 0 Å². The monoisotopic (exact) mass is 287 g/mol. The van der Waals surface area contributed by atoms with Crippen LogP contribution in [0.2, 0.25) is 0 Å². The molecule has 7 heteroatoms. The van der Waals surface area contributed by atoms with Gasteiger partial charge in [0.05, 0.1) is 18.4 Å². The lowest BCUT2D eigenvalue weighted by Crippen LogP contribution is -2.35. The first-order valence-electron chi connectivity index (χ1n) is 6.30. The molecular weight excluding hydrogens is 271 g/mol. The molecule has 0 aliphatic rings. The molecule has 0 radical (unpaired) electrons. The number of hydrogen-bond acceptors (Lipinski definition) is 3. The molecule has 2 heterocycles. The molecule has 0 saturated heterocycles. The standard InChI is InChI=1S/C13H16F3N3O/c14-13(15,16)10-18(5-3-7-20)9-11-8-17-12-4-1-2-6-19(11)12/h1-2,4,6,8,20H,3,5,7,9-10H2. The van der Waals surface area contributed by atoms with Crippen molar-refractivity contribution in [2.24, 2.45) is 0 Å². The van der Waals surface area contributed by atoms with E-state index in [2.05, 4.69) is 4.98 Å². The number of imidazole rings is 1. The number of nitrogens with zero attached hydrogens (tertiary/aromatic N) is 3. The molecule has 4 nitrogen and oxygen atoms in total. The highest BCUT2D eigenvalue weighted by atomic mass is 19.4. The summed E-state index contributed by atoms with van der Waals surface area (Å²) < 4.78 is 39.4. The van der Waals surface area contributed by atoms with E-state index >= 15 is 0 Å². The summed E-state index contributed by atoms with van der Waals surface area (Å²) in [5.41, 5.74) is 1.40. The van der Waals surface area contributed by atoms with Gasteiger partial charge >= 0.3 is 6.18 Å². The van der Waals surface area contributed by atoms with Crippen LogP contribution in [-0.4, -0.2) is 45.3 Å². The molecule has 0 fully saturated rings. The first-order chi connectivity index (χ1) is 9.49. The maximum absolute atomic E-state index is 12.5. The SMILES string of the molecule is OCCCN(Cc1cnc2ccccn12)CC(F)(F)F. The molecule has 0 bridgehead atoms. The van der Waals surface area contributed by atoms with Gasteiger partial charge < -0.3 is 9.51 Å². The van der Waals surface area contributed by atoms with Gasteiger partial charge in [-0.05, 0) is 18.6 Å². The fraction of sp³-hybridized carbons (Fsp3) is 0.462. The highest BCUT2D eigenvalue weighted by molar-refractivity contribution is 5.39. The van der Waals surface area contributed by atoms with E-state index in [0.717, 1.165) is 0 Å². The van der Waals surface area contributed by atoms with Crippen molar-refractivity contribution in [1.29, 1.82) is 0 Å². The summed E-state index contributed by atoms with van der Waals surface area (Å²) in [6, 6.07) is 5.43. The second-order valence-electron chi connectivity index (χ2n) is 4.58. The number of aromatic nitrogens is 2. The van der Waals surface area contributed by atoms with Crippen LogP contribution < -0.4 is 0 Å². The summed E-state index contributed by atoms with van der Waals surface area (Å²) in [6.07, 6.45) is -0.587. The van der Waals surface area contributed by atoms with Crippen LogP contribution >= 0.6 is 0 Å². The maximum atomic E-state index is 12.5. The van der Waals surface area contributed by atoms with Crippen molar-refractivity contribution in [3.05, 3.63) is 36.3 Å². The zero-order valence-corrected chi connectivity index (χ0v) is 10.8. The van der Waals surface area contributed by atoms with Crippen molar-refractivity contribution in [3.8, 4) is 0 Å². The number of rotatable bonds is 6. The minimum Gasteiger partial charge on any atom is -0.396 e. The van der Waals surface area contributed by atoms with E-state index in [1.165, 1.54) is 4.90 Å². The minimum atomic E-state index is -4.25. The third kappa shape index (κ3) is 3.94. The topological polar surface area (TPSA) is 40.8 Å². The number of pyridine rings is 1. The van der Waals surface area contributed by atoms with Gasteiger partial charge in [0.1, 0.15) is 5.65 Å². The molecule has 0 aliphatic heterocycles. The number of halogens is 3.